The van der Waals surface area contributed by atoms with E-state index in [4.69, 9.17) is 0 Å². The van der Waals surface area contributed by atoms with Crippen LogP contribution in [0.25, 0.3) is 0 Å². The number of nitrogens with one attached hydrogen (secondary N) is 1. The van der Waals surface area contributed by atoms with Crippen LogP contribution in [0.4, 0.5) is 0 Å². The number of benzene rings is 1. The summed E-state index contributed by atoms with van der Waals surface area (Å²) in [5, 5.41) is 3.52. The van der Waals surface area contributed by atoms with Crippen molar-refractivity contribution in [3.63, 3.8) is 0 Å². The maximum absolute atomic E-state index is 3.52. The lowest BCUT2D eigenvalue weighted by Gasteiger charge is -2.19. The lowest BCUT2D eigenvalue weighted by molar-refractivity contribution is 0.588. The topological polar surface area (TPSA) is 12.0 Å². The third kappa shape index (κ3) is 5.45. The predicted octanol–water partition coefficient (Wildman–Crippen LogP) is 4.46. The van der Waals surface area contributed by atoms with Crippen molar-refractivity contribution in [1.29, 1.82) is 0 Å². The molecule has 1 rings (SSSR count). The van der Waals surface area contributed by atoms with Gasteiger partial charge in [-0.1, -0.05) is 39.8 Å². The molecule has 1 aromatic rings. The lowest BCUT2D eigenvalue weighted by atomic mass is 9.87. The van der Waals surface area contributed by atoms with E-state index in [1.54, 1.807) is 0 Å². The van der Waals surface area contributed by atoms with Gasteiger partial charge in [-0.2, -0.15) is 0 Å². The minimum atomic E-state index is 0.249. The largest absolute Gasteiger partial charge is 0.313 e. The third-order valence-electron chi connectivity index (χ3n) is 2.96. The third-order valence-corrected chi connectivity index (χ3v) is 4.24. The van der Waals surface area contributed by atoms with Crippen LogP contribution in [0.3, 0.4) is 0 Å². The average Bonchev–Trinajstić information content (AvgIpc) is 2.33. The van der Waals surface area contributed by atoms with Gasteiger partial charge in [-0.15, -0.1) is 11.8 Å². The zero-order valence-corrected chi connectivity index (χ0v) is 13.2. The van der Waals surface area contributed by atoms with E-state index in [1.807, 2.05) is 11.8 Å². The van der Waals surface area contributed by atoms with Gasteiger partial charge in [0.15, 0.2) is 0 Å². The number of hydrogen-bond donors (Lipinski definition) is 1. The Morgan fingerprint density at radius 1 is 1.17 bits per heavy atom. The van der Waals surface area contributed by atoms with Gasteiger partial charge in [-0.25, -0.2) is 0 Å². The highest BCUT2D eigenvalue weighted by Gasteiger charge is 2.12. The minimum Gasteiger partial charge on any atom is -0.313 e. The molecular formula is C16H27NS. The Balaban J connectivity index is 2.44. The van der Waals surface area contributed by atoms with Crippen molar-refractivity contribution >= 4 is 11.8 Å². The minimum absolute atomic E-state index is 0.249. The number of rotatable bonds is 6. The summed E-state index contributed by atoms with van der Waals surface area (Å²) in [7, 11) is 0. The van der Waals surface area contributed by atoms with E-state index in [9.17, 15) is 0 Å². The lowest BCUT2D eigenvalue weighted by Crippen LogP contribution is -2.28. The first kappa shape index (κ1) is 15.6. The van der Waals surface area contributed by atoms with Crippen LogP contribution < -0.4 is 5.32 Å². The fraction of sp³-hybridized carbons (Fsp3) is 0.625. The number of hydrogen-bond acceptors (Lipinski definition) is 2. The van der Waals surface area contributed by atoms with E-state index >= 15 is 0 Å². The van der Waals surface area contributed by atoms with E-state index in [1.165, 1.54) is 16.9 Å². The van der Waals surface area contributed by atoms with Gasteiger partial charge in [0, 0.05) is 16.7 Å². The standard InChI is InChI=1S/C16H27NS/c1-6-11-17-13(2)12-18-15-9-7-14(8-10-15)16(3,4)5/h7-10,13,17H,6,11-12H2,1-5H3. The molecule has 0 saturated carbocycles. The fourth-order valence-electron chi connectivity index (χ4n) is 1.72. The Morgan fingerprint density at radius 2 is 1.78 bits per heavy atom. The van der Waals surface area contributed by atoms with Crippen LogP contribution in [0.5, 0.6) is 0 Å². The van der Waals surface area contributed by atoms with Crippen molar-refractivity contribution in [2.24, 2.45) is 0 Å². The summed E-state index contributed by atoms with van der Waals surface area (Å²) in [5.74, 6) is 1.13. The SMILES string of the molecule is CCCNC(C)CSc1ccc(C(C)(C)C)cc1. The van der Waals surface area contributed by atoms with Gasteiger partial charge >= 0.3 is 0 Å². The van der Waals surface area contributed by atoms with Crippen molar-refractivity contribution in [3.8, 4) is 0 Å². The van der Waals surface area contributed by atoms with Crippen molar-refractivity contribution in [3.05, 3.63) is 29.8 Å². The van der Waals surface area contributed by atoms with E-state index in [0.29, 0.717) is 6.04 Å². The van der Waals surface area contributed by atoms with Crippen molar-refractivity contribution < 1.29 is 0 Å². The molecule has 2 heteroatoms. The van der Waals surface area contributed by atoms with Gasteiger partial charge in [0.05, 0.1) is 0 Å². The summed E-state index contributed by atoms with van der Waals surface area (Å²) < 4.78 is 0. The highest BCUT2D eigenvalue weighted by atomic mass is 32.2. The van der Waals surface area contributed by atoms with Crippen LogP contribution in [0, 0.1) is 0 Å². The van der Waals surface area contributed by atoms with Crippen LogP contribution in [-0.2, 0) is 5.41 Å². The molecule has 18 heavy (non-hydrogen) atoms. The quantitative estimate of drug-likeness (QED) is 0.762. The van der Waals surface area contributed by atoms with Crippen molar-refractivity contribution in [2.75, 3.05) is 12.3 Å². The van der Waals surface area contributed by atoms with Crippen LogP contribution in [-0.4, -0.2) is 18.3 Å². The molecule has 0 aliphatic rings. The fourth-order valence-corrected chi connectivity index (χ4v) is 2.61. The first-order valence-corrected chi connectivity index (χ1v) is 7.88. The molecule has 1 atom stereocenters. The molecule has 1 nitrogen and oxygen atoms in total. The maximum Gasteiger partial charge on any atom is 0.0133 e. The molecule has 1 N–H and O–H groups in total. The highest BCUT2D eigenvalue weighted by Crippen LogP contribution is 2.25. The van der Waals surface area contributed by atoms with Crippen LogP contribution in [0.15, 0.2) is 29.2 Å². The van der Waals surface area contributed by atoms with Gasteiger partial charge in [-0.3, -0.25) is 0 Å². The summed E-state index contributed by atoms with van der Waals surface area (Å²) >= 11 is 1.94. The van der Waals surface area contributed by atoms with Gasteiger partial charge in [-0.05, 0) is 43.0 Å². The second-order valence-corrected chi connectivity index (χ2v) is 7.03. The van der Waals surface area contributed by atoms with Gasteiger partial charge in [0.25, 0.3) is 0 Å². The normalized spacial score (nSPS) is 13.6. The Bertz CT molecular complexity index is 337. The highest BCUT2D eigenvalue weighted by molar-refractivity contribution is 7.99. The van der Waals surface area contributed by atoms with Crippen LogP contribution in [0.1, 0.15) is 46.6 Å². The summed E-state index contributed by atoms with van der Waals surface area (Å²) in [5.41, 5.74) is 1.66. The first-order valence-electron chi connectivity index (χ1n) is 6.90. The van der Waals surface area contributed by atoms with Crippen molar-refractivity contribution in [2.45, 2.75) is 57.4 Å². The monoisotopic (exact) mass is 265 g/mol. The zero-order chi connectivity index (χ0) is 13.6. The number of thioether (sulfide) groups is 1. The Labute approximate surface area is 117 Å². The van der Waals surface area contributed by atoms with Crippen LogP contribution >= 0.6 is 11.8 Å². The second kappa shape index (κ2) is 7.20. The van der Waals surface area contributed by atoms with Crippen LogP contribution in [0.2, 0.25) is 0 Å². The maximum atomic E-state index is 3.52. The van der Waals surface area contributed by atoms with E-state index < -0.39 is 0 Å². The molecule has 0 aromatic heterocycles. The van der Waals surface area contributed by atoms with Crippen molar-refractivity contribution in [1.82, 2.24) is 5.32 Å². The molecule has 0 fully saturated rings. The molecule has 102 valence electrons. The molecule has 0 amide bonds. The van der Waals surface area contributed by atoms with Gasteiger partial charge < -0.3 is 5.32 Å². The summed E-state index contributed by atoms with van der Waals surface area (Å²) in [6.07, 6.45) is 1.20. The molecule has 1 aromatic carbocycles. The summed E-state index contributed by atoms with van der Waals surface area (Å²) in [6.45, 7) is 12.3. The Kier molecular flexibility index (Phi) is 6.24. The zero-order valence-electron chi connectivity index (χ0n) is 12.4. The van der Waals surface area contributed by atoms with E-state index in [-0.39, 0.29) is 5.41 Å². The molecule has 0 saturated heterocycles. The molecule has 1 unspecified atom stereocenters. The summed E-state index contributed by atoms with van der Waals surface area (Å²) in [6, 6.07) is 9.59. The molecule has 0 heterocycles. The smallest absolute Gasteiger partial charge is 0.0133 e. The van der Waals surface area contributed by atoms with Gasteiger partial charge in [0.2, 0.25) is 0 Å². The Morgan fingerprint density at radius 3 is 2.28 bits per heavy atom. The summed E-state index contributed by atoms with van der Waals surface area (Å²) in [4.78, 5) is 1.37. The first-order chi connectivity index (χ1) is 8.43. The van der Waals surface area contributed by atoms with Gasteiger partial charge in [0.1, 0.15) is 0 Å². The predicted molar refractivity (Wildman–Crippen MR) is 83.6 cm³/mol. The molecule has 0 radical (unpaired) electrons. The average molecular weight is 265 g/mol. The molecular weight excluding hydrogens is 238 g/mol. The van der Waals surface area contributed by atoms with E-state index in [0.717, 1.165) is 12.3 Å². The Hall–Kier alpha value is -0.470. The molecule has 0 spiro atoms. The molecule has 0 aliphatic carbocycles. The molecule has 0 bridgehead atoms. The molecule has 0 aliphatic heterocycles. The van der Waals surface area contributed by atoms with E-state index in [2.05, 4.69) is 64.2 Å². The second-order valence-electron chi connectivity index (χ2n) is 5.94.